The van der Waals surface area contributed by atoms with Crippen LogP contribution in [0.25, 0.3) is 12.2 Å². The van der Waals surface area contributed by atoms with Crippen molar-refractivity contribution in [3.8, 4) is 23.0 Å². The number of methoxy groups -OCH3 is 2. The van der Waals surface area contributed by atoms with Gasteiger partial charge in [-0.1, -0.05) is 59.6 Å². The Morgan fingerprint density at radius 2 is 1.49 bits per heavy atom. The molecule has 0 aliphatic heterocycles. The molecule has 0 atom stereocenters. The molecule has 0 aromatic heterocycles. The quantitative estimate of drug-likeness (QED) is 0.0913. The van der Waals surface area contributed by atoms with Gasteiger partial charge in [0.25, 0.3) is 0 Å². The fraction of sp³-hybridized carbons (Fsp3) is 0.200. The van der Waals surface area contributed by atoms with Gasteiger partial charge in [0.05, 0.1) is 37.1 Å². The van der Waals surface area contributed by atoms with Gasteiger partial charge in [0.2, 0.25) is 0 Å². The highest BCUT2D eigenvalue weighted by Gasteiger charge is 2.19. The van der Waals surface area contributed by atoms with Gasteiger partial charge in [-0.25, -0.2) is 0 Å². The average Bonchev–Trinajstić information content (AvgIpc) is 3.02. The van der Waals surface area contributed by atoms with Crippen LogP contribution in [0, 0.1) is 0 Å². The van der Waals surface area contributed by atoms with Gasteiger partial charge in [0.15, 0.2) is 34.6 Å². The van der Waals surface area contributed by atoms with E-state index in [4.69, 9.17) is 37.4 Å². The van der Waals surface area contributed by atoms with Crippen LogP contribution in [-0.2, 0) is 14.4 Å². The van der Waals surface area contributed by atoms with Crippen molar-refractivity contribution in [3.05, 3.63) is 99.6 Å². The van der Waals surface area contributed by atoms with Crippen molar-refractivity contribution >= 4 is 64.3 Å². The molecular formula is C35H31Cl2NO7. The Balaban J connectivity index is 1.36. The molecule has 45 heavy (non-hydrogen) atoms. The molecule has 0 bridgehead atoms. The lowest BCUT2D eigenvalue weighted by Gasteiger charge is -2.17. The Morgan fingerprint density at radius 1 is 0.867 bits per heavy atom. The molecule has 8 nitrogen and oxygen atoms in total. The number of ether oxygens (including phenoxy) is 3. The molecule has 10 heteroatoms. The number of allylic oxidation sites excluding steroid dienone is 3. The highest BCUT2D eigenvalue weighted by molar-refractivity contribution is 6.39. The van der Waals surface area contributed by atoms with Crippen LogP contribution < -0.4 is 14.2 Å². The molecule has 4 rings (SSSR count). The third-order valence-corrected chi connectivity index (χ3v) is 7.40. The van der Waals surface area contributed by atoms with Gasteiger partial charge >= 0.3 is 5.97 Å². The zero-order valence-electron chi connectivity index (χ0n) is 24.7. The summed E-state index contributed by atoms with van der Waals surface area (Å²) in [6.45, 7) is 0. The molecule has 1 aliphatic carbocycles. The van der Waals surface area contributed by atoms with E-state index < -0.39 is 11.8 Å². The third kappa shape index (κ3) is 9.41. The van der Waals surface area contributed by atoms with Crippen molar-refractivity contribution in [3.63, 3.8) is 0 Å². The van der Waals surface area contributed by atoms with Crippen LogP contribution in [0.4, 0.5) is 5.69 Å². The Labute approximate surface area is 271 Å². The standard InChI is InChI=1S/C35H31Cl2NO7/c1-43-32-18-22(12-16-30(32)41)10-14-25(39)21-26(40)15-11-23-13-17-31(33(19-23)44-2)45-34(42)20-24-6-3-4-9-29(24)38-35-27(36)7-5-8-28(35)37/h5-8,10-19,41H,3-4,9,20-21H2,1-2H3/b14-10+,15-11+,38-29?. The number of para-hydroxylation sites is 1. The summed E-state index contributed by atoms with van der Waals surface area (Å²) >= 11 is 12.6. The summed E-state index contributed by atoms with van der Waals surface area (Å²) < 4.78 is 16.1. The second-order valence-corrected chi connectivity index (χ2v) is 10.8. The van der Waals surface area contributed by atoms with Gasteiger partial charge in [-0.05, 0) is 84.5 Å². The molecule has 0 saturated carbocycles. The van der Waals surface area contributed by atoms with Crippen LogP contribution in [0.1, 0.15) is 43.2 Å². The molecule has 0 spiro atoms. The van der Waals surface area contributed by atoms with Gasteiger partial charge in [-0.3, -0.25) is 19.4 Å². The summed E-state index contributed by atoms with van der Waals surface area (Å²) in [4.78, 5) is 42.3. The molecule has 1 aliphatic rings. The molecule has 3 aromatic carbocycles. The lowest BCUT2D eigenvalue weighted by Crippen LogP contribution is -2.16. The molecule has 0 saturated heterocycles. The van der Waals surface area contributed by atoms with Crippen LogP contribution in [0.15, 0.2) is 83.4 Å². The minimum atomic E-state index is -0.491. The van der Waals surface area contributed by atoms with Crippen LogP contribution in [0.5, 0.6) is 23.0 Å². The molecular weight excluding hydrogens is 617 g/mol. The number of halogens is 2. The number of nitrogens with zero attached hydrogens (tertiary/aromatic N) is 1. The van der Waals surface area contributed by atoms with Crippen molar-refractivity contribution < 1.29 is 33.7 Å². The first-order valence-electron chi connectivity index (χ1n) is 14.1. The van der Waals surface area contributed by atoms with E-state index in [9.17, 15) is 19.5 Å². The number of carbonyl (C=O) groups is 3. The second-order valence-electron chi connectivity index (χ2n) is 10.0. The minimum Gasteiger partial charge on any atom is -0.504 e. The van der Waals surface area contributed by atoms with Crippen LogP contribution in [0.3, 0.4) is 0 Å². The zero-order valence-corrected chi connectivity index (χ0v) is 26.2. The maximum Gasteiger partial charge on any atom is 0.315 e. The number of aromatic hydroxyl groups is 1. The fourth-order valence-corrected chi connectivity index (χ4v) is 4.99. The molecule has 0 heterocycles. The molecule has 3 aromatic rings. The summed E-state index contributed by atoms with van der Waals surface area (Å²) in [5, 5.41) is 10.5. The van der Waals surface area contributed by atoms with E-state index in [0.29, 0.717) is 39.0 Å². The highest BCUT2D eigenvalue weighted by atomic mass is 35.5. The van der Waals surface area contributed by atoms with Gasteiger partial charge in [0, 0.05) is 5.71 Å². The van der Waals surface area contributed by atoms with Crippen molar-refractivity contribution in [2.24, 2.45) is 4.99 Å². The number of hydrogen-bond acceptors (Lipinski definition) is 8. The number of aliphatic imine (C=N–C) groups is 1. The molecule has 0 unspecified atom stereocenters. The minimum absolute atomic E-state index is 0.00296. The number of benzene rings is 3. The number of hydrogen-bond donors (Lipinski definition) is 1. The third-order valence-electron chi connectivity index (χ3n) is 6.79. The molecule has 232 valence electrons. The normalized spacial score (nSPS) is 14.0. The lowest BCUT2D eigenvalue weighted by molar-refractivity contribution is -0.133. The molecule has 0 fully saturated rings. The van der Waals surface area contributed by atoms with Crippen LogP contribution >= 0.6 is 23.2 Å². The van der Waals surface area contributed by atoms with Crippen LogP contribution in [-0.4, -0.2) is 42.6 Å². The smallest absolute Gasteiger partial charge is 0.315 e. The first-order valence-corrected chi connectivity index (χ1v) is 14.8. The number of phenolic OH excluding ortho intramolecular Hbond substituents is 1. The summed E-state index contributed by atoms with van der Waals surface area (Å²) in [6.07, 6.45) is 9.74. The average molecular weight is 649 g/mol. The topological polar surface area (TPSA) is 111 Å². The van der Waals surface area contributed by atoms with E-state index in [1.807, 2.05) is 6.08 Å². The van der Waals surface area contributed by atoms with E-state index in [-0.39, 0.29) is 35.9 Å². The number of ketones is 2. The summed E-state index contributed by atoms with van der Waals surface area (Å²) in [6, 6.07) is 14.7. The molecule has 1 N–H and O–H groups in total. The van der Waals surface area contributed by atoms with Crippen molar-refractivity contribution in [1.29, 1.82) is 0 Å². The Kier molecular flexibility index (Phi) is 11.7. The first-order chi connectivity index (χ1) is 21.7. The summed E-state index contributed by atoms with van der Waals surface area (Å²) in [5.41, 5.74) is 3.21. The van der Waals surface area contributed by atoms with Crippen molar-refractivity contribution in [2.75, 3.05) is 14.2 Å². The van der Waals surface area contributed by atoms with Gasteiger partial charge < -0.3 is 19.3 Å². The highest BCUT2D eigenvalue weighted by Crippen LogP contribution is 2.35. The Morgan fingerprint density at radius 3 is 2.13 bits per heavy atom. The van der Waals surface area contributed by atoms with Crippen LogP contribution in [0.2, 0.25) is 10.0 Å². The Bertz CT molecular complexity index is 1700. The van der Waals surface area contributed by atoms with Gasteiger partial charge in [0.1, 0.15) is 5.69 Å². The zero-order chi connectivity index (χ0) is 32.3. The van der Waals surface area contributed by atoms with E-state index >= 15 is 0 Å². The fourth-order valence-electron chi connectivity index (χ4n) is 4.51. The summed E-state index contributed by atoms with van der Waals surface area (Å²) in [5.74, 6) is -0.472. The van der Waals surface area contributed by atoms with E-state index in [1.165, 1.54) is 32.4 Å². The SMILES string of the molecule is COc1cc(/C=C/C(=O)CC(=O)/C=C/c2ccc(OC(=O)CC3=CCCCC3=Nc3c(Cl)cccc3Cl)c(OC)c2)ccc1O. The van der Waals surface area contributed by atoms with Gasteiger partial charge in [-0.2, -0.15) is 0 Å². The Hall–Kier alpha value is -4.66. The van der Waals surface area contributed by atoms with E-state index in [0.717, 1.165) is 24.1 Å². The first kappa shape index (κ1) is 33.2. The van der Waals surface area contributed by atoms with E-state index in [2.05, 4.69) is 4.99 Å². The molecule has 0 amide bonds. The number of phenols is 1. The number of carbonyl (C=O) groups excluding carboxylic acids is 3. The lowest BCUT2D eigenvalue weighted by atomic mass is 9.94. The maximum absolute atomic E-state index is 12.9. The number of rotatable bonds is 12. The number of esters is 1. The predicted molar refractivity (Wildman–Crippen MR) is 176 cm³/mol. The molecule has 0 radical (unpaired) electrons. The van der Waals surface area contributed by atoms with Crippen molar-refractivity contribution in [2.45, 2.75) is 32.1 Å². The predicted octanol–water partition coefficient (Wildman–Crippen LogP) is 8.15. The van der Waals surface area contributed by atoms with Gasteiger partial charge in [-0.15, -0.1) is 0 Å². The second kappa shape index (κ2) is 15.9. The maximum atomic E-state index is 12.9. The van der Waals surface area contributed by atoms with E-state index in [1.54, 1.807) is 60.7 Å². The summed E-state index contributed by atoms with van der Waals surface area (Å²) in [7, 11) is 2.87. The largest absolute Gasteiger partial charge is 0.504 e. The monoisotopic (exact) mass is 647 g/mol. The van der Waals surface area contributed by atoms with Crippen molar-refractivity contribution in [1.82, 2.24) is 0 Å².